The lowest BCUT2D eigenvalue weighted by Gasteiger charge is -2.05. The molecule has 0 unspecified atom stereocenters. The molecule has 0 aliphatic rings. The van der Waals surface area contributed by atoms with Crippen LogP contribution in [0.3, 0.4) is 0 Å². The Morgan fingerprint density at radius 1 is 1.32 bits per heavy atom. The molecule has 5 nitrogen and oxygen atoms in total. The molecule has 108 valence electrons. The first-order valence-electron chi connectivity index (χ1n) is 6.80. The number of rotatable bonds is 3. The van der Waals surface area contributed by atoms with Crippen LogP contribution in [-0.2, 0) is 6.54 Å². The minimum Gasteiger partial charge on any atom is -0.441 e. The topological polar surface area (TPSA) is 78.9 Å². The van der Waals surface area contributed by atoms with E-state index in [0.717, 1.165) is 11.1 Å². The number of hydrogen-bond donors (Lipinski definition) is 1. The summed E-state index contributed by atoms with van der Waals surface area (Å²) in [7, 11) is 0. The van der Waals surface area contributed by atoms with Crippen LogP contribution in [0.15, 0.2) is 46.9 Å². The van der Waals surface area contributed by atoms with Crippen molar-refractivity contribution in [2.24, 2.45) is 0 Å². The van der Waals surface area contributed by atoms with E-state index in [1.165, 1.54) is 0 Å². The molecule has 2 aromatic carbocycles. The zero-order valence-electron chi connectivity index (χ0n) is 12.0. The fraction of sp³-hybridized carbons (Fsp3) is 0.118. The van der Waals surface area contributed by atoms with Gasteiger partial charge in [0.2, 0.25) is 0 Å². The van der Waals surface area contributed by atoms with Gasteiger partial charge in [-0.1, -0.05) is 12.1 Å². The minimum atomic E-state index is -0.217. The van der Waals surface area contributed by atoms with Crippen LogP contribution in [0.25, 0.3) is 11.1 Å². The Hall–Kier alpha value is -3.13. The van der Waals surface area contributed by atoms with Crippen molar-refractivity contribution in [3.8, 4) is 6.07 Å². The number of carbonyl (C=O) groups is 1. The van der Waals surface area contributed by atoms with Gasteiger partial charge >= 0.3 is 0 Å². The molecule has 5 heteroatoms. The highest BCUT2D eigenvalue weighted by molar-refractivity contribution is 5.94. The molecule has 22 heavy (non-hydrogen) atoms. The highest BCUT2D eigenvalue weighted by atomic mass is 16.3. The molecule has 1 heterocycles. The molecule has 0 aliphatic carbocycles. The molecule has 3 aromatic rings. The Morgan fingerprint density at radius 3 is 3.00 bits per heavy atom. The van der Waals surface area contributed by atoms with Crippen LogP contribution in [-0.4, -0.2) is 10.9 Å². The van der Waals surface area contributed by atoms with Crippen LogP contribution in [0.5, 0.6) is 0 Å². The third-order valence-corrected chi connectivity index (χ3v) is 3.27. The Morgan fingerprint density at radius 2 is 2.18 bits per heavy atom. The summed E-state index contributed by atoms with van der Waals surface area (Å²) in [6, 6.07) is 14.2. The van der Waals surface area contributed by atoms with Crippen LogP contribution in [0.2, 0.25) is 0 Å². The van der Waals surface area contributed by atoms with E-state index in [9.17, 15) is 4.79 Å². The lowest BCUT2D eigenvalue weighted by atomic mass is 10.1. The molecule has 0 radical (unpaired) electrons. The number of oxazole rings is 1. The number of nitrogens with one attached hydrogen (secondary N) is 1. The number of nitrogens with zero attached hydrogens (tertiary/aromatic N) is 2. The summed E-state index contributed by atoms with van der Waals surface area (Å²) in [5, 5.41) is 11.7. The zero-order valence-corrected chi connectivity index (χ0v) is 12.0. The lowest BCUT2D eigenvalue weighted by molar-refractivity contribution is 0.0951. The van der Waals surface area contributed by atoms with Crippen LogP contribution in [0.1, 0.15) is 27.4 Å². The minimum absolute atomic E-state index is 0.217. The highest BCUT2D eigenvalue weighted by Crippen LogP contribution is 2.16. The number of benzene rings is 2. The molecule has 0 bridgehead atoms. The predicted molar refractivity (Wildman–Crippen MR) is 81.1 cm³/mol. The number of aryl methyl sites for hydroxylation is 1. The third kappa shape index (κ3) is 2.81. The number of nitriles is 1. The van der Waals surface area contributed by atoms with Gasteiger partial charge in [0.25, 0.3) is 5.91 Å². The maximum Gasteiger partial charge on any atom is 0.251 e. The normalized spacial score (nSPS) is 10.4. The average Bonchev–Trinajstić information content (AvgIpc) is 2.91. The summed E-state index contributed by atoms with van der Waals surface area (Å²) in [6.45, 7) is 2.18. The van der Waals surface area contributed by atoms with Crippen molar-refractivity contribution in [3.05, 3.63) is 65.0 Å². The van der Waals surface area contributed by atoms with Gasteiger partial charge in [-0.3, -0.25) is 4.79 Å². The van der Waals surface area contributed by atoms with Gasteiger partial charge in [-0.25, -0.2) is 4.98 Å². The van der Waals surface area contributed by atoms with Crippen molar-refractivity contribution in [2.45, 2.75) is 13.5 Å². The van der Waals surface area contributed by atoms with E-state index in [4.69, 9.17) is 9.68 Å². The summed E-state index contributed by atoms with van der Waals surface area (Å²) < 4.78 is 5.47. The maximum atomic E-state index is 12.1. The monoisotopic (exact) mass is 291 g/mol. The Balaban J connectivity index is 1.72. The van der Waals surface area contributed by atoms with E-state index in [1.54, 1.807) is 31.2 Å². The van der Waals surface area contributed by atoms with Crippen LogP contribution in [0, 0.1) is 18.3 Å². The van der Waals surface area contributed by atoms with Crippen molar-refractivity contribution in [1.29, 1.82) is 5.26 Å². The van der Waals surface area contributed by atoms with Crippen LogP contribution >= 0.6 is 0 Å². The molecule has 0 fully saturated rings. The molecule has 0 atom stereocenters. The van der Waals surface area contributed by atoms with Crippen molar-refractivity contribution >= 4 is 17.0 Å². The molecule has 1 N–H and O–H groups in total. The standard InChI is InChI=1S/C17H13N3O2/c1-11-20-15-6-5-13(8-16(15)22-11)10-19-17(21)14-4-2-3-12(7-14)9-18/h2-8H,10H2,1H3,(H,19,21). The summed E-state index contributed by atoms with van der Waals surface area (Å²) in [5.74, 6) is 0.399. The second-order valence-electron chi connectivity index (χ2n) is 4.91. The molecule has 0 spiro atoms. The fourth-order valence-electron chi connectivity index (χ4n) is 2.21. The van der Waals surface area contributed by atoms with Gasteiger partial charge in [0.05, 0.1) is 11.6 Å². The average molecular weight is 291 g/mol. The summed E-state index contributed by atoms with van der Waals surface area (Å²) in [5.41, 5.74) is 3.36. The molecule has 0 saturated heterocycles. The van der Waals surface area contributed by atoms with Crippen molar-refractivity contribution < 1.29 is 9.21 Å². The number of carbonyl (C=O) groups excluding carboxylic acids is 1. The first-order valence-corrected chi connectivity index (χ1v) is 6.80. The van der Waals surface area contributed by atoms with Crippen molar-refractivity contribution in [1.82, 2.24) is 10.3 Å². The second-order valence-corrected chi connectivity index (χ2v) is 4.91. The quantitative estimate of drug-likeness (QED) is 0.804. The predicted octanol–water partition coefficient (Wildman–Crippen LogP) is 2.94. The first kappa shape index (κ1) is 13.8. The highest BCUT2D eigenvalue weighted by Gasteiger charge is 2.07. The number of aromatic nitrogens is 1. The van der Waals surface area contributed by atoms with Gasteiger partial charge in [0.1, 0.15) is 5.52 Å². The van der Waals surface area contributed by atoms with Crippen LogP contribution < -0.4 is 5.32 Å². The Kier molecular flexibility index (Phi) is 3.58. The Labute approximate surface area is 127 Å². The Bertz CT molecular complexity index is 890. The van der Waals surface area contributed by atoms with E-state index in [-0.39, 0.29) is 5.91 Å². The molecular weight excluding hydrogens is 278 g/mol. The first-order chi connectivity index (χ1) is 10.7. The van der Waals surface area contributed by atoms with Crippen LogP contribution in [0.4, 0.5) is 0 Å². The van der Waals surface area contributed by atoms with Gasteiger partial charge in [-0.05, 0) is 35.9 Å². The van der Waals surface area contributed by atoms with Crippen molar-refractivity contribution in [3.63, 3.8) is 0 Å². The van der Waals surface area contributed by atoms with Gasteiger partial charge in [0.15, 0.2) is 11.5 Å². The summed E-state index contributed by atoms with van der Waals surface area (Å²) in [4.78, 5) is 16.3. The maximum absolute atomic E-state index is 12.1. The van der Waals surface area contributed by atoms with Gasteiger partial charge in [-0.15, -0.1) is 0 Å². The molecular formula is C17H13N3O2. The van der Waals surface area contributed by atoms with E-state index in [2.05, 4.69) is 10.3 Å². The number of amides is 1. The van der Waals surface area contributed by atoms with Gasteiger partial charge in [-0.2, -0.15) is 5.26 Å². The molecule has 3 rings (SSSR count). The third-order valence-electron chi connectivity index (χ3n) is 3.27. The van der Waals surface area contributed by atoms with E-state index in [1.807, 2.05) is 24.3 Å². The molecule has 1 amide bonds. The molecule has 0 aliphatic heterocycles. The van der Waals surface area contributed by atoms with E-state index < -0.39 is 0 Å². The van der Waals surface area contributed by atoms with E-state index in [0.29, 0.717) is 29.1 Å². The number of hydrogen-bond acceptors (Lipinski definition) is 4. The SMILES string of the molecule is Cc1nc2ccc(CNC(=O)c3cccc(C#N)c3)cc2o1. The summed E-state index contributed by atoms with van der Waals surface area (Å²) >= 11 is 0. The van der Waals surface area contributed by atoms with Gasteiger partial charge < -0.3 is 9.73 Å². The second kappa shape index (κ2) is 5.70. The lowest BCUT2D eigenvalue weighted by Crippen LogP contribution is -2.22. The number of fused-ring (bicyclic) bond motifs is 1. The van der Waals surface area contributed by atoms with E-state index >= 15 is 0 Å². The summed E-state index contributed by atoms with van der Waals surface area (Å²) in [6.07, 6.45) is 0. The fourth-order valence-corrected chi connectivity index (χ4v) is 2.21. The van der Waals surface area contributed by atoms with Gasteiger partial charge in [0, 0.05) is 19.0 Å². The van der Waals surface area contributed by atoms with Crippen molar-refractivity contribution in [2.75, 3.05) is 0 Å². The molecule has 1 aromatic heterocycles. The smallest absolute Gasteiger partial charge is 0.251 e. The molecule has 0 saturated carbocycles. The zero-order chi connectivity index (χ0) is 15.5. The largest absolute Gasteiger partial charge is 0.441 e.